The summed E-state index contributed by atoms with van der Waals surface area (Å²) in [4.78, 5) is 14.8. The predicted octanol–water partition coefficient (Wildman–Crippen LogP) is 0.509. The summed E-state index contributed by atoms with van der Waals surface area (Å²) in [6.45, 7) is 0.295. The number of pyridine rings is 1. The van der Waals surface area contributed by atoms with Crippen LogP contribution >= 0.6 is 23.2 Å². The van der Waals surface area contributed by atoms with Gasteiger partial charge in [-0.05, 0) is 6.07 Å². The number of nitrogens with one attached hydrogen (secondary N) is 1. The molecule has 1 fully saturated rings. The third kappa shape index (κ3) is 2.59. The van der Waals surface area contributed by atoms with Crippen LogP contribution in [0.15, 0.2) is 17.2 Å². The number of rotatable bonds is 2. The Kier molecular flexibility index (Phi) is 3.76. The average molecular weight is 310 g/mol. The molecular formula is C9H9Cl2N3O3S. The van der Waals surface area contributed by atoms with E-state index in [9.17, 15) is 13.2 Å². The average Bonchev–Trinajstić information content (AvgIpc) is 2.32. The zero-order valence-electron chi connectivity index (χ0n) is 9.06. The van der Waals surface area contributed by atoms with Crippen LogP contribution in [0, 0.1) is 0 Å². The van der Waals surface area contributed by atoms with Gasteiger partial charge in [-0.25, -0.2) is 13.4 Å². The summed E-state index contributed by atoms with van der Waals surface area (Å²) in [6, 6.07) is 1.22. The Bertz CT molecular complexity index is 591. The quantitative estimate of drug-likeness (QED) is 0.807. The van der Waals surface area contributed by atoms with Crippen molar-refractivity contribution in [3.63, 3.8) is 0 Å². The Morgan fingerprint density at radius 2 is 2.11 bits per heavy atom. The predicted molar refractivity (Wildman–Crippen MR) is 66.0 cm³/mol. The van der Waals surface area contributed by atoms with Crippen molar-refractivity contribution in [2.75, 3.05) is 19.6 Å². The Morgan fingerprint density at radius 3 is 2.72 bits per heavy atom. The molecule has 1 aliphatic heterocycles. The van der Waals surface area contributed by atoms with E-state index in [-0.39, 0.29) is 40.6 Å². The topological polar surface area (TPSA) is 79.4 Å². The fraction of sp³-hybridized carbons (Fsp3) is 0.333. The van der Waals surface area contributed by atoms with E-state index in [1.165, 1.54) is 6.07 Å². The van der Waals surface area contributed by atoms with E-state index in [2.05, 4.69) is 10.3 Å². The lowest BCUT2D eigenvalue weighted by Crippen LogP contribution is -2.49. The normalized spacial score (nSPS) is 17.6. The molecule has 9 heteroatoms. The number of carbonyl (C=O) groups excluding carboxylic acids is 1. The minimum absolute atomic E-state index is 0.0343. The van der Waals surface area contributed by atoms with E-state index >= 15 is 0 Å². The molecule has 1 aliphatic rings. The van der Waals surface area contributed by atoms with E-state index in [4.69, 9.17) is 23.2 Å². The first-order valence-electron chi connectivity index (χ1n) is 4.99. The summed E-state index contributed by atoms with van der Waals surface area (Å²) in [5.74, 6) is -0.335. The second-order valence-electron chi connectivity index (χ2n) is 3.63. The summed E-state index contributed by atoms with van der Waals surface area (Å²) in [6.07, 6.45) is 1.12. The lowest BCUT2D eigenvalue weighted by molar-refractivity contribution is -0.122. The van der Waals surface area contributed by atoms with Crippen molar-refractivity contribution in [1.29, 1.82) is 0 Å². The van der Waals surface area contributed by atoms with E-state index in [0.29, 0.717) is 0 Å². The van der Waals surface area contributed by atoms with Gasteiger partial charge in [-0.1, -0.05) is 23.2 Å². The Labute approximate surface area is 114 Å². The van der Waals surface area contributed by atoms with Crippen molar-refractivity contribution in [2.24, 2.45) is 0 Å². The highest BCUT2D eigenvalue weighted by atomic mass is 35.5. The first-order chi connectivity index (χ1) is 8.41. The van der Waals surface area contributed by atoms with Gasteiger partial charge < -0.3 is 5.32 Å². The van der Waals surface area contributed by atoms with Gasteiger partial charge in [-0.3, -0.25) is 4.79 Å². The molecule has 1 saturated heterocycles. The highest BCUT2D eigenvalue weighted by Gasteiger charge is 2.29. The first-order valence-corrected chi connectivity index (χ1v) is 7.19. The molecule has 6 nitrogen and oxygen atoms in total. The van der Waals surface area contributed by atoms with Crippen molar-refractivity contribution in [3.05, 3.63) is 22.4 Å². The van der Waals surface area contributed by atoms with Crippen LogP contribution in [0.3, 0.4) is 0 Å². The molecule has 98 valence electrons. The minimum atomic E-state index is -3.77. The maximum absolute atomic E-state index is 12.2. The van der Waals surface area contributed by atoms with E-state index < -0.39 is 10.0 Å². The summed E-state index contributed by atoms with van der Waals surface area (Å²) in [7, 11) is -3.77. The minimum Gasteiger partial charge on any atom is -0.354 e. The van der Waals surface area contributed by atoms with Crippen LogP contribution in [0.2, 0.25) is 10.2 Å². The van der Waals surface area contributed by atoms with Gasteiger partial charge in [-0.15, -0.1) is 0 Å². The second-order valence-corrected chi connectivity index (χ2v) is 6.34. The van der Waals surface area contributed by atoms with Gasteiger partial charge in [0, 0.05) is 19.3 Å². The molecule has 0 atom stereocenters. The molecule has 0 unspecified atom stereocenters. The third-order valence-corrected chi connectivity index (χ3v) is 4.91. The van der Waals surface area contributed by atoms with Gasteiger partial charge in [0.05, 0.1) is 11.6 Å². The number of hydrogen-bond donors (Lipinski definition) is 1. The summed E-state index contributed by atoms with van der Waals surface area (Å²) in [5, 5.41) is 2.64. The Morgan fingerprint density at radius 1 is 1.39 bits per heavy atom. The van der Waals surface area contributed by atoms with Crippen LogP contribution in [-0.2, 0) is 14.8 Å². The second kappa shape index (κ2) is 5.00. The Hall–Kier alpha value is -0.890. The molecule has 18 heavy (non-hydrogen) atoms. The molecule has 0 aliphatic carbocycles. The lowest BCUT2D eigenvalue weighted by atomic mass is 10.4. The number of amides is 1. The number of halogens is 2. The maximum Gasteiger partial charge on any atom is 0.245 e. The van der Waals surface area contributed by atoms with Crippen LogP contribution in [0.25, 0.3) is 0 Å². The zero-order chi connectivity index (χ0) is 13.3. The number of sulfonamides is 1. The first kappa shape index (κ1) is 13.5. The molecule has 0 saturated carbocycles. The molecule has 1 aromatic rings. The van der Waals surface area contributed by atoms with E-state index in [0.717, 1.165) is 10.5 Å². The van der Waals surface area contributed by atoms with Gasteiger partial charge in [-0.2, -0.15) is 4.31 Å². The Balaban J connectivity index is 2.35. The van der Waals surface area contributed by atoms with Gasteiger partial charge in [0.15, 0.2) is 0 Å². The number of piperazine rings is 1. The van der Waals surface area contributed by atoms with E-state index in [1.54, 1.807) is 0 Å². The third-order valence-electron chi connectivity index (χ3n) is 2.41. The molecule has 1 N–H and O–H groups in total. The van der Waals surface area contributed by atoms with Crippen LogP contribution in [0.1, 0.15) is 0 Å². The smallest absolute Gasteiger partial charge is 0.245 e. The van der Waals surface area contributed by atoms with Crippen molar-refractivity contribution in [2.45, 2.75) is 4.90 Å². The highest BCUT2D eigenvalue weighted by Crippen LogP contribution is 2.24. The van der Waals surface area contributed by atoms with Crippen molar-refractivity contribution in [3.8, 4) is 0 Å². The van der Waals surface area contributed by atoms with Gasteiger partial charge >= 0.3 is 0 Å². The number of hydrogen-bond acceptors (Lipinski definition) is 4. The SMILES string of the molecule is O=C1CN(S(=O)(=O)c2cnc(Cl)c(Cl)c2)CCN1. The summed E-state index contributed by atoms with van der Waals surface area (Å²) >= 11 is 11.4. The highest BCUT2D eigenvalue weighted by molar-refractivity contribution is 7.89. The largest absolute Gasteiger partial charge is 0.354 e. The fourth-order valence-electron chi connectivity index (χ4n) is 1.51. The fourth-order valence-corrected chi connectivity index (χ4v) is 3.22. The molecule has 2 heterocycles. The standard InChI is InChI=1S/C9H9Cl2N3O3S/c10-7-3-6(4-13-9(7)11)18(16,17)14-2-1-12-8(15)5-14/h3-4H,1-2,5H2,(H,12,15). The molecule has 0 spiro atoms. The summed E-state index contributed by atoms with van der Waals surface area (Å²) < 4.78 is 25.5. The molecule has 0 radical (unpaired) electrons. The monoisotopic (exact) mass is 309 g/mol. The summed E-state index contributed by atoms with van der Waals surface area (Å²) in [5.41, 5.74) is 0. The number of carbonyl (C=O) groups is 1. The van der Waals surface area contributed by atoms with Crippen molar-refractivity contribution < 1.29 is 13.2 Å². The van der Waals surface area contributed by atoms with Gasteiger partial charge in [0.1, 0.15) is 10.0 Å². The number of nitrogens with zero attached hydrogens (tertiary/aromatic N) is 2. The molecular weight excluding hydrogens is 301 g/mol. The maximum atomic E-state index is 12.2. The zero-order valence-corrected chi connectivity index (χ0v) is 11.4. The molecule has 1 aromatic heterocycles. The molecule has 2 rings (SSSR count). The van der Waals surface area contributed by atoms with E-state index in [1.807, 2.05) is 0 Å². The van der Waals surface area contributed by atoms with Crippen LogP contribution in [0.5, 0.6) is 0 Å². The van der Waals surface area contributed by atoms with Crippen molar-refractivity contribution >= 4 is 39.1 Å². The molecule has 0 bridgehead atoms. The molecule has 1 amide bonds. The lowest BCUT2D eigenvalue weighted by Gasteiger charge is -2.25. The number of aromatic nitrogens is 1. The van der Waals surface area contributed by atoms with Crippen LogP contribution < -0.4 is 5.32 Å². The van der Waals surface area contributed by atoms with Crippen LogP contribution in [-0.4, -0.2) is 43.2 Å². The van der Waals surface area contributed by atoms with Crippen LogP contribution in [0.4, 0.5) is 0 Å². The van der Waals surface area contributed by atoms with Crippen molar-refractivity contribution in [1.82, 2.24) is 14.6 Å². The van der Waals surface area contributed by atoms with Gasteiger partial charge in [0.2, 0.25) is 15.9 Å². The van der Waals surface area contributed by atoms with Gasteiger partial charge in [0.25, 0.3) is 0 Å². The molecule has 0 aromatic carbocycles.